The van der Waals surface area contributed by atoms with Crippen LogP contribution in [0.25, 0.3) is 0 Å². The molecule has 508 valence electrons. The van der Waals surface area contributed by atoms with Crippen molar-refractivity contribution >= 4 is 41.4 Å². The molecule has 0 aromatic carbocycles. The summed E-state index contributed by atoms with van der Waals surface area (Å²) in [4.78, 5) is 90.4. The van der Waals surface area contributed by atoms with Gasteiger partial charge in [-0.2, -0.15) is 0 Å². The molecule has 9 aliphatic heterocycles. The third-order valence-corrected chi connectivity index (χ3v) is 16.5. The van der Waals surface area contributed by atoms with Crippen molar-refractivity contribution in [2.45, 2.75) is 236 Å². The number of nitrogens with zero attached hydrogens (tertiary/aromatic N) is 7. The van der Waals surface area contributed by atoms with Crippen molar-refractivity contribution in [3.8, 4) is 0 Å². The predicted molar refractivity (Wildman–Crippen MR) is 345 cm³/mol. The zero-order chi connectivity index (χ0) is 65.4. The molecule has 9 atom stereocenters. The third kappa shape index (κ3) is 37.1. The Hall–Kier alpha value is -3.95. The molecule has 10 fully saturated rings. The van der Waals surface area contributed by atoms with Gasteiger partial charge in [-0.25, -0.2) is 0 Å². The minimum Gasteiger partial charge on any atom is -0.381 e. The molecule has 1 aliphatic carbocycles. The van der Waals surface area contributed by atoms with Gasteiger partial charge in [0.25, 0.3) is 0 Å². The second-order valence-electron chi connectivity index (χ2n) is 25.4. The summed E-state index contributed by atoms with van der Waals surface area (Å²) in [5.41, 5.74) is 0. The highest BCUT2D eigenvalue weighted by Crippen LogP contribution is 2.31. The van der Waals surface area contributed by atoms with E-state index in [1.807, 2.05) is 103 Å². The first-order valence-corrected chi connectivity index (χ1v) is 33.8. The Morgan fingerprint density at radius 3 is 1.16 bits per heavy atom. The van der Waals surface area contributed by atoms with Gasteiger partial charge < -0.3 is 62.7 Å². The smallest absolute Gasteiger partial charge is 0.225 e. The van der Waals surface area contributed by atoms with Gasteiger partial charge in [-0.15, -0.1) is 0 Å². The van der Waals surface area contributed by atoms with E-state index < -0.39 is 0 Å². The van der Waals surface area contributed by atoms with Gasteiger partial charge in [0.05, 0.1) is 56.9 Å². The van der Waals surface area contributed by atoms with Crippen molar-refractivity contribution < 1.29 is 62.0 Å². The second kappa shape index (κ2) is 47.0. The Kier molecular flexibility index (Phi) is 43.8. The molecule has 9 saturated heterocycles. The topological polar surface area (TPSA) is 198 Å². The van der Waals surface area contributed by atoms with Crippen LogP contribution in [0.15, 0.2) is 0 Å². The van der Waals surface area contributed by atoms with E-state index in [0.717, 1.165) is 136 Å². The Balaban J connectivity index is 0.000000489. The number of rotatable bonds is 7. The van der Waals surface area contributed by atoms with Crippen LogP contribution in [0.2, 0.25) is 0 Å². The predicted octanol–water partition coefficient (Wildman–Crippen LogP) is 8.99. The monoisotopic (exact) mass is 1240 g/mol. The van der Waals surface area contributed by atoms with Gasteiger partial charge in [0.15, 0.2) is 0 Å². The number of hydrogen-bond donors (Lipinski definition) is 0. The minimum atomic E-state index is 0.184. The molecule has 7 amide bonds. The van der Waals surface area contributed by atoms with Crippen molar-refractivity contribution in [3.05, 3.63) is 0 Å². The Labute approximate surface area is 528 Å². The maximum Gasteiger partial charge on any atom is 0.225 e. The number of amides is 7. The zero-order valence-corrected chi connectivity index (χ0v) is 58.0. The van der Waals surface area contributed by atoms with Crippen LogP contribution in [0.3, 0.4) is 0 Å². The fraction of sp³-hybridized carbons (Fsp3) is 0.896. The summed E-state index contributed by atoms with van der Waals surface area (Å²) in [5.74, 6) is 4.70. The summed E-state index contributed by atoms with van der Waals surface area (Å²) in [6.45, 7) is 42.4. The van der Waals surface area contributed by atoms with Gasteiger partial charge in [0.1, 0.15) is 0 Å². The van der Waals surface area contributed by atoms with E-state index in [9.17, 15) is 33.6 Å². The highest BCUT2D eigenvalue weighted by atomic mass is 16.5. The summed E-state index contributed by atoms with van der Waals surface area (Å²) in [5, 5.41) is 0. The SMILES string of the molecule is CC1CC(=O)N(C)C1.CC1CCC(=O)N1C.CC1CCCO1.CC1CCN(C)C1=O.CC1CCOC1.CCC(=O)N1CC(C)OC(C)C1.CCC(=O)N1CCOCC1.CCC1CC1.CCCC(=O)N1CC(C)OC(C)C1.CCCC(=O)N1CCOCC1. The van der Waals surface area contributed by atoms with Crippen molar-refractivity contribution in [2.24, 2.45) is 23.7 Å². The Morgan fingerprint density at radius 2 is 0.931 bits per heavy atom. The first-order chi connectivity index (χ1) is 41.3. The van der Waals surface area contributed by atoms with E-state index in [-0.39, 0.29) is 65.8 Å². The lowest BCUT2D eigenvalue weighted by Gasteiger charge is -2.35. The van der Waals surface area contributed by atoms with E-state index in [1.54, 1.807) is 14.7 Å². The summed E-state index contributed by atoms with van der Waals surface area (Å²) in [7, 11) is 5.57. The van der Waals surface area contributed by atoms with Crippen LogP contribution in [0.4, 0.5) is 0 Å². The highest BCUT2D eigenvalue weighted by Gasteiger charge is 2.28. The van der Waals surface area contributed by atoms with E-state index in [2.05, 4.69) is 34.6 Å². The summed E-state index contributed by atoms with van der Waals surface area (Å²) >= 11 is 0. The van der Waals surface area contributed by atoms with Gasteiger partial charge >= 0.3 is 0 Å². The molecule has 10 aliphatic rings. The lowest BCUT2D eigenvalue weighted by Crippen LogP contribution is -2.48. The molecule has 20 nitrogen and oxygen atoms in total. The molecule has 10 rings (SSSR count). The molecule has 0 aromatic heterocycles. The van der Waals surface area contributed by atoms with Gasteiger partial charge in [0, 0.05) is 157 Å². The molecule has 9 unspecified atom stereocenters. The average Bonchev–Trinajstić information content (AvgIpc) is 4.08. The summed E-state index contributed by atoms with van der Waals surface area (Å²) < 4.78 is 31.5. The maximum atomic E-state index is 11.6. The van der Waals surface area contributed by atoms with E-state index >= 15 is 0 Å². The van der Waals surface area contributed by atoms with E-state index in [1.165, 1.54) is 38.5 Å². The molecule has 0 radical (unpaired) electrons. The molecule has 1 saturated carbocycles. The molecule has 0 spiro atoms. The number of carbonyl (C=O) groups is 7. The number of ether oxygens (including phenoxy) is 6. The molecule has 0 bridgehead atoms. The van der Waals surface area contributed by atoms with E-state index in [4.69, 9.17) is 28.4 Å². The van der Waals surface area contributed by atoms with Gasteiger partial charge in [-0.05, 0) is 104 Å². The quantitative estimate of drug-likeness (QED) is 0.234. The molecule has 0 N–H and O–H groups in total. The maximum absolute atomic E-state index is 11.6. The number of hydrogen-bond acceptors (Lipinski definition) is 13. The molecular formula is C67H127N7O13. The van der Waals surface area contributed by atoms with Crippen molar-refractivity contribution in [2.75, 3.05) is 133 Å². The number of carbonyl (C=O) groups excluding carboxylic acids is 7. The lowest BCUT2D eigenvalue weighted by molar-refractivity contribution is -0.143. The molecule has 87 heavy (non-hydrogen) atoms. The highest BCUT2D eigenvalue weighted by molar-refractivity contribution is 5.80. The fourth-order valence-corrected chi connectivity index (χ4v) is 10.5. The number of likely N-dealkylation sites (tertiary alicyclic amines) is 3. The van der Waals surface area contributed by atoms with Crippen LogP contribution in [-0.4, -0.2) is 245 Å². The fourth-order valence-electron chi connectivity index (χ4n) is 10.5. The molecular weight excluding hydrogens is 1110 g/mol. The Bertz CT molecular complexity index is 1840. The van der Waals surface area contributed by atoms with Gasteiger partial charge in [-0.3, -0.25) is 33.6 Å². The lowest BCUT2D eigenvalue weighted by atomic mass is 10.1. The largest absolute Gasteiger partial charge is 0.381 e. The third-order valence-electron chi connectivity index (χ3n) is 16.5. The molecule has 0 aromatic rings. The first-order valence-electron chi connectivity index (χ1n) is 33.8. The van der Waals surface area contributed by atoms with Crippen LogP contribution in [-0.2, 0) is 62.0 Å². The standard InChI is InChI=1S/C10H19NO2.C9H17NO2.C8H15NO2.C7H13NO2.3C6H11NO.2C5H10O.C5H10/c1-4-5-10(12)11-6-8(2)13-9(3)7-11;1-4-9(11)10-5-7(2)12-8(3)6-10;1-2-3-8(10)9-4-6-11-7-5-9;1-2-7(9)8-3-5-10-6-4-8;1-5-3-6(8)7(2)4-5;1-5-3-4-7(2)6(5)8;1-5-3-4-6(8)7(5)2;1-5-2-3-6-4-5;1-5-3-2-4-6-5;1-2-5-3-4-5/h8-9H,4-7H2,1-3H3;7-8H,4-6H2,1-3H3;2-7H2,1H3;2-6H2,1H3;3*5H,3-4H2,1-2H3;2*5H,2-4H2,1H3;5H,2-4H2,1H3. The molecule has 9 heterocycles. The second-order valence-corrected chi connectivity index (χ2v) is 25.4. The minimum absolute atomic E-state index is 0.184. The first kappa shape index (κ1) is 81.1. The molecule has 20 heteroatoms. The number of morpholine rings is 4. The van der Waals surface area contributed by atoms with Crippen molar-refractivity contribution in [1.82, 2.24) is 34.3 Å². The van der Waals surface area contributed by atoms with Crippen LogP contribution in [0.1, 0.15) is 200 Å². The average molecular weight is 1240 g/mol. The van der Waals surface area contributed by atoms with Gasteiger partial charge in [-0.1, -0.05) is 74.7 Å². The summed E-state index contributed by atoms with van der Waals surface area (Å²) in [6.07, 6.45) is 17.5. The normalized spacial score (nSPS) is 27.3. The van der Waals surface area contributed by atoms with Crippen LogP contribution >= 0.6 is 0 Å². The van der Waals surface area contributed by atoms with Gasteiger partial charge in [0.2, 0.25) is 41.4 Å². The van der Waals surface area contributed by atoms with Crippen LogP contribution in [0.5, 0.6) is 0 Å². The zero-order valence-electron chi connectivity index (χ0n) is 58.0. The summed E-state index contributed by atoms with van der Waals surface area (Å²) in [6, 6.07) is 0.475. The van der Waals surface area contributed by atoms with Crippen LogP contribution < -0.4 is 0 Å². The van der Waals surface area contributed by atoms with Crippen LogP contribution in [0, 0.1) is 23.7 Å². The Morgan fingerprint density at radius 1 is 0.460 bits per heavy atom. The van der Waals surface area contributed by atoms with Crippen molar-refractivity contribution in [1.29, 1.82) is 0 Å². The van der Waals surface area contributed by atoms with Crippen molar-refractivity contribution in [3.63, 3.8) is 0 Å². The van der Waals surface area contributed by atoms with E-state index in [0.29, 0.717) is 76.1 Å².